The molecule has 7 nitrogen and oxygen atoms in total. The van der Waals surface area contributed by atoms with Crippen molar-refractivity contribution in [2.75, 3.05) is 25.0 Å². The third-order valence-corrected chi connectivity index (χ3v) is 5.32. The molecule has 0 saturated carbocycles. The maximum Gasteiger partial charge on any atom is 0.247 e. The summed E-state index contributed by atoms with van der Waals surface area (Å²) in [5.41, 5.74) is 6.27. The zero-order chi connectivity index (χ0) is 22.7. The highest BCUT2D eigenvalue weighted by Crippen LogP contribution is 2.28. The molecule has 0 aromatic heterocycles. The number of hydrogen-bond donors (Lipinski definition) is 3. The van der Waals surface area contributed by atoms with Gasteiger partial charge in [-0.25, -0.2) is 0 Å². The lowest BCUT2D eigenvalue weighted by Crippen LogP contribution is -2.49. The molecule has 2 atom stereocenters. The van der Waals surface area contributed by atoms with E-state index >= 15 is 0 Å². The number of nitrogens with zero attached hydrogens (tertiary/aromatic N) is 2. The van der Waals surface area contributed by atoms with Crippen molar-refractivity contribution in [1.29, 1.82) is 5.41 Å². The molecule has 2 unspecified atom stereocenters. The number of para-hydroxylation sites is 1. The van der Waals surface area contributed by atoms with E-state index in [0.717, 1.165) is 5.69 Å². The molecule has 2 fully saturated rings. The fourth-order valence-corrected chi connectivity index (χ4v) is 3.89. The van der Waals surface area contributed by atoms with Crippen LogP contribution < -0.4 is 11.1 Å². The molecule has 1 aromatic rings. The molecule has 2 heterocycles. The largest absolute Gasteiger partial charge is 0.370 e. The van der Waals surface area contributed by atoms with Crippen LogP contribution in [-0.4, -0.2) is 53.2 Å². The van der Waals surface area contributed by atoms with Crippen molar-refractivity contribution in [3.63, 3.8) is 0 Å². The van der Waals surface area contributed by atoms with Gasteiger partial charge in [-0.1, -0.05) is 60.2 Å². The number of guanidine groups is 1. The number of carbonyl (C=O) groups is 2. The maximum absolute atomic E-state index is 13.0. The van der Waals surface area contributed by atoms with Crippen LogP contribution in [0.5, 0.6) is 0 Å². The molecular weight excluding hydrogens is 390 g/mol. The van der Waals surface area contributed by atoms with Crippen molar-refractivity contribution in [2.45, 2.75) is 67.3 Å². The molecule has 2 aliphatic heterocycles. The lowest BCUT2D eigenvalue weighted by atomic mass is 9.95. The van der Waals surface area contributed by atoms with E-state index in [1.807, 2.05) is 58.0 Å². The number of hydrogen-bond acceptors (Lipinski definition) is 3. The number of likely N-dealkylation sites (tertiary alicyclic amines) is 2. The highest BCUT2D eigenvalue weighted by molar-refractivity contribution is 5.97. The van der Waals surface area contributed by atoms with Gasteiger partial charge < -0.3 is 20.9 Å². The molecule has 0 spiro atoms. The number of benzene rings is 1. The molecule has 31 heavy (non-hydrogen) atoms. The van der Waals surface area contributed by atoms with Gasteiger partial charge in [-0.05, 0) is 37.3 Å². The SMILES string of the molecule is C.CC.CC.CC1CC(C(=O)Nc2ccccc2)N(C(=O)C2CCN(C(=N)N)CC2)C1. The van der Waals surface area contributed by atoms with Crippen LogP contribution in [0.1, 0.15) is 61.3 Å². The Labute approximate surface area is 188 Å². The molecular formula is C24H43N5O2. The van der Waals surface area contributed by atoms with Crippen LogP contribution in [0, 0.1) is 17.2 Å². The Morgan fingerprint density at radius 1 is 1.06 bits per heavy atom. The summed E-state index contributed by atoms with van der Waals surface area (Å²) in [6.45, 7) is 11.9. The Bertz CT molecular complexity index is 672. The number of amides is 2. The van der Waals surface area contributed by atoms with Crippen LogP contribution in [0.15, 0.2) is 30.3 Å². The van der Waals surface area contributed by atoms with Gasteiger partial charge in [-0.3, -0.25) is 15.0 Å². The lowest BCUT2D eigenvalue weighted by molar-refractivity contribution is -0.141. The van der Waals surface area contributed by atoms with Crippen molar-refractivity contribution in [3.05, 3.63) is 30.3 Å². The number of nitrogens with two attached hydrogens (primary N) is 1. The smallest absolute Gasteiger partial charge is 0.247 e. The predicted molar refractivity (Wildman–Crippen MR) is 130 cm³/mol. The first-order valence-corrected chi connectivity index (χ1v) is 11.2. The zero-order valence-corrected chi connectivity index (χ0v) is 19.1. The first-order valence-electron chi connectivity index (χ1n) is 11.2. The molecule has 0 bridgehead atoms. The Morgan fingerprint density at radius 2 is 1.61 bits per heavy atom. The van der Waals surface area contributed by atoms with Crippen molar-refractivity contribution >= 4 is 23.5 Å². The summed E-state index contributed by atoms with van der Waals surface area (Å²) in [6, 6.07) is 8.93. The van der Waals surface area contributed by atoms with Crippen LogP contribution in [0.3, 0.4) is 0 Å². The van der Waals surface area contributed by atoms with E-state index in [0.29, 0.717) is 44.8 Å². The van der Waals surface area contributed by atoms with Gasteiger partial charge >= 0.3 is 0 Å². The minimum atomic E-state index is -0.413. The van der Waals surface area contributed by atoms with Gasteiger partial charge in [-0.2, -0.15) is 0 Å². The summed E-state index contributed by atoms with van der Waals surface area (Å²) in [4.78, 5) is 29.3. The Hall–Kier alpha value is -2.57. The lowest BCUT2D eigenvalue weighted by Gasteiger charge is -2.34. The summed E-state index contributed by atoms with van der Waals surface area (Å²) in [6.07, 6.45) is 2.04. The van der Waals surface area contributed by atoms with Crippen LogP contribution in [0.2, 0.25) is 0 Å². The van der Waals surface area contributed by atoms with Crippen LogP contribution in [-0.2, 0) is 9.59 Å². The number of carbonyl (C=O) groups excluding carboxylic acids is 2. The fraction of sp³-hybridized carbons (Fsp3) is 0.625. The topological polar surface area (TPSA) is 103 Å². The molecule has 2 saturated heterocycles. The highest BCUT2D eigenvalue weighted by atomic mass is 16.2. The first-order chi connectivity index (χ1) is 14.5. The van der Waals surface area contributed by atoms with Gasteiger partial charge in [0.1, 0.15) is 6.04 Å². The second-order valence-corrected chi connectivity index (χ2v) is 7.35. The van der Waals surface area contributed by atoms with E-state index < -0.39 is 6.04 Å². The molecule has 3 rings (SSSR count). The molecule has 176 valence electrons. The normalized spacial score (nSPS) is 20.3. The minimum Gasteiger partial charge on any atom is -0.370 e. The number of nitrogens with one attached hydrogen (secondary N) is 2. The minimum absolute atomic E-state index is 0. The van der Waals surface area contributed by atoms with Crippen molar-refractivity contribution < 1.29 is 9.59 Å². The molecule has 0 aliphatic carbocycles. The quantitative estimate of drug-likeness (QED) is 0.492. The summed E-state index contributed by atoms with van der Waals surface area (Å²) in [7, 11) is 0. The van der Waals surface area contributed by atoms with E-state index in [4.69, 9.17) is 11.1 Å². The van der Waals surface area contributed by atoms with Gasteiger partial charge in [0, 0.05) is 31.2 Å². The average molecular weight is 434 g/mol. The molecule has 4 N–H and O–H groups in total. The molecule has 1 aromatic carbocycles. The van der Waals surface area contributed by atoms with Gasteiger partial charge in [0.2, 0.25) is 11.8 Å². The number of anilines is 1. The standard InChI is InChI=1S/C19H27N5O2.2C2H6.CH4/c1-13-11-16(17(25)22-15-5-3-2-4-6-15)24(12-13)18(26)14-7-9-23(10-8-14)19(20)21;2*1-2;/h2-6,13-14,16H,7-12H2,1H3,(H3,20,21)(H,22,25);2*1-2H3;1H4. The van der Waals surface area contributed by atoms with Crippen molar-refractivity contribution in [3.8, 4) is 0 Å². The average Bonchev–Trinajstić information content (AvgIpc) is 3.18. The predicted octanol–water partition coefficient (Wildman–Crippen LogP) is 4.16. The first kappa shape index (κ1) is 28.4. The van der Waals surface area contributed by atoms with Crippen LogP contribution in [0.4, 0.5) is 5.69 Å². The third-order valence-electron chi connectivity index (χ3n) is 5.32. The van der Waals surface area contributed by atoms with E-state index in [-0.39, 0.29) is 31.1 Å². The Kier molecular flexibility index (Phi) is 13.2. The monoisotopic (exact) mass is 433 g/mol. The van der Waals surface area contributed by atoms with E-state index in [1.165, 1.54) is 0 Å². The molecule has 7 heteroatoms. The van der Waals surface area contributed by atoms with Gasteiger partial charge in [0.05, 0.1) is 0 Å². The Balaban J connectivity index is 0.00000170. The number of piperidine rings is 1. The third kappa shape index (κ3) is 7.89. The summed E-state index contributed by atoms with van der Waals surface area (Å²) >= 11 is 0. The van der Waals surface area contributed by atoms with Gasteiger partial charge in [-0.15, -0.1) is 0 Å². The highest BCUT2D eigenvalue weighted by Gasteiger charge is 2.40. The summed E-state index contributed by atoms with van der Waals surface area (Å²) < 4.78 is 0. The fourth-order valence-electron chi connectivity index (χ4n) is 3.89. The zero-order valence-electron chi connectivity index (χ0n) is 19.1. The van der Waals surface area contributed by atoms with Crippen molar-refractivity contribution in [1.82, 2.24) is 9.80 Å². The maximum atomic E-state index is 13.0. The number of rotatable bonds is 3. The van der Waals surface area contributed by atoms with E-state index in [2.05, 4.69) is 12.2 Å². The second-order valence-electron chi connectivity index (χ2n) is 7.35. The summed E-state index contributed by atoms with van der Waals surface area (Å²) in [5.74, 6) is 0.220. The Morgan fingerprint density at radius 3 is 2.13 bits per heavy atom. The van der Waals surface area contributed by atoms with E-state index in [9.17, 15) is 9.59 Å². The van der Waals surface area contributed by atoms with Gasteiger partial charge in [0.25, 0.3) is 0 Å². The summed E-state index contributed by atoms with van der Waals surface area (Å²) in [5, 5.41) is 10.4. The molecule has 0 radical (unpaired) electrons. The van der Waals surface area contributed by atoms with Crippen LogP contribution in [0.25, 0.3) is 0 Å². The van der Waals surface area contributed by atoms with E-state index in [1.54, 1.807) is 9.80 Å². The van der Waals surface area contributed by atoms with Gasteiger partial charge in [0.15, 0.2) is 5.96 Å². The van der Waals surface area contributed by atoms with Crippen molar-refractivity contribution in [2.24, 2.45) is 17.6 Å². The van der Waals surface area contributed by atoms with Crippen LogP contribution >= 0.6 is 0 Å². The molecule has 2 aliphatic rings. The second kappa shape index (κ2) is 14.4. The molecule has 2 amide bonds.